The molecule has 4 N–H and O–H groups in total. The van der Waals surface area contributed by atoms with Gasteiger partial charge in [0.05, 0.1) is 10.2 Å². The molecule has 2 aromatic rings. The molecule has 0 radical (unpaired) electrons. The van der Waals surface area contributed by atoms with E-state index in [1.807, 2.05) is 13.8 Å². The molecular formula is C14H19N3O2S. The minimum absolute atomic E-state index is 0.120. The monoisotopic (exact) mass is 293 g/mol. The normalized spacial score (nSPS) is 11.8. The number of aromatic nitrogens is 1. The van der Waals surface area contributed by atoms with E-state index in [2.05, 4.69) is 10.3 Å². The Morgan fingerprint density at radius 3 is 2.95 bits per heavy atom. The highest BCUT2D eigenvalue weighted by Crippen LogP contribution is 2.24. The van der Waals surface area contributed by atoms with Crippen LogP contribution in [0.1, 0.15) is 30.6 Å². The molecule has 1 aromatic heterocycles. The molecule has 0 saturated carbocycles. The second-order valence-corrected chi connectivity index (χ2v) is 6.62. The molecule has 20 heavy (non-hydrogen) atoms. The highest BCUT2D eigenvalue weighted by atomic mass is 32.1. The number of carbonyl (C=O) groups is 1. The van der Waals surface area contributed by atoms with Crippen molar-refractivity contribution in [2.75, 3.05) is 18.9 Å². The van der Waals surface area contributed by atoms with Gasteiger partial charge in [0, 0.05) is 18.7 Å². The molecular weight excluding hydrogens is 274 g/mol. The average Bonchev–Trinajstić information content (AvgIpc) is 2.75. The zero-order valence-corrected chi connectivity index (χ0v) is 12.5. The number of anilines is 1. The van der Waals surface area contributed by atoms with E-state index in [-0.39, 0.29) is 17.9 Å². The number of aliphatic hydroxyl groups excluding tert-OH is 1. The lowest BCUT2D eigenvalue weighted by molar-refractivity contribution is 0.0928. The highest BCUT2D eigenvalue weighted by molar-refractivity contribution is 7.22. The number of nitrogens with two attached hydrogens (primary N) is 1. The molecule has 0 bridgehead atoms. The Morgan fingerprint density at radius 2 is 2.25 bits per heavy atom. The van der Waals surface area contributed by atoms with Crippen molar-refractivity contribution < 1.29 is 9.90 Å². The number of hydrogen-bond acceptors (Lipinski definition) is 5. The van der Waals surface area contributed by atoms with E-state index in [9.17, 15) is 4.79 Å². The molecule has 0 unspecified atom stereocenters. The molecule has 1 aromatic carbocycles. The first kappa shape index (κ1) is 14.7. The van der Waals surface area contributed by atoms with Crippen LogP contribution >= 0.6 is 11.3 Å². The van der Waals surface area contributed by atoms with E-state index in [4.69, 9.17) is 10.8 Å². The van der Waals surface area contributed by atoms with E-state index in [0.29, 0.717) is 23.7 Å². The molecule has 0 spiro atoms. The van der Waals surface area contributed by atoms with E-state index in [1.165, 1.54) is 11.3 Å². The minimum atomic E-state index is -0.122. The van der Waals surface area contributed by atoms with Gasteiger partial charge in [-0.25, -0.2) is 4.98 Å². The topological polar surface area (TPSA) is 88.2 Å². The Hall–Kier alpha value is -1.66. The van der Waals surface area contributed by atoms with Crippen LogP contribution in [0.5, 0.6) is 0 Å². The third-order valence-corrected chi connectivity index (χ3v) is 4.03. The van der Waals surface area contributed by atoms with E-state index in [1.54, 1.807) is 18.2 Å². The standard InChI is InChI=1S/C14H19N3O2S/c1-14(2,5-6-18)8-16-12(19)9-3-4-10-11(7-9)20-13(15)17-10/h3-4,7,18H,5-6,8H2,1-2H3,(H2,15,17)(H,16,19). The SMILES string of the molecule is CC(C)(CCO)CNC(=O)c1ccc2nc(N)sc2c1. The summed E-state index contributed by atoms with van der Waals surface area (Å²) >= 11 is 1.37. The van der Waals surface area contributed by atoms with Crippen LogP contribution in [-0.2, 0) is 0 Å². The number of thiazole rings is 1. The van der Waals surface area contributed by atoms with Crippen LogP contribution in [0.2, 0.25) is 0 Å². The summed E-state index contributed by atoms with van der Waals surface area (Å²) in [6.45, 7) is 4.66. The van der Waals surface area contributed by atoms with Gasteiger partial charge in [0.2, 0.25) is 0 Å². The fourth-order valence-electron chi connectivity index (χ4n) is 1.90. The van der Waals surface area contributed by atoms with Crippen LogP contribution in [0.4, 0.5) is 5.13 Å². The van der Waals surface area contributed by atoms with E-state index < -0.39 is 0 Å². The number of amides is 1. The molecule has 108 valence electrons. The third kappa shape index (κ3) is 3.46. The fourth-order valence-corrected chi connectivity index (χ4v) is 2.67. The molecule has 0 atom stereocenters. The van der Waals surface area contributed by atoms with Gasteiger partial charge < -0.3 is 16.2 Å². The first-order valence-corrected chi connectivity index (χ1v) is 7.28. The first-order valence-electron chi connectivity index (χ1n) is 6.46. The quantitative estimate of drug-likeness (QED) is 0.787. The number of rotatable bonds is 5. The van der Waals surface area contributed by atoms with Crippen molar-refractivity contribution >= 4 is 32.6 Å². The van der Waals surface area contributed by atoms with Crippen molar-refractivity contribution in [2.24, 2.45) is 5.41 Å². The van der Waals surface area contributed by atoms with Crippen LogP contribution in [-0.4, -0.2) is 29.1 Å². The summed E-state index contributed by atoms with van der Waals surface area (Å²) in [5.74, 6) is -0.120. The number of hydrogen-bond donors (Lipinski definition) is 3. The summed E-state index contributed by atoms with van der Waals surface area (Å²) in [4.78, 5) is 16.3. The molecule has 2 rings (SSSR count). The van der Waals surface area contributed by atoms with Gasteiger partial charge >= 0.3 is 0 Å². The summed E-state index contributed by atoms with van der Waals surface area (Å²) in [6, 6.07) is 5.35. The average molecular weight is 293 g/mol. The molecule has 0 aliphatic heterocycles. The summed E-state index contributed by atoms with van der Waals surface area (Å²) in [5.41, 5.74) is 6.94. The number of nitrogen functional groups attached to an aromatic ring is 1. The van der Waals surface area contributed by atoms with Gasteiger partial charge in [0.15, 0.2) is 5.13 Å². The third-order valence-electron chi connectivity index (χ3n) is 3.18. The Morgan fingerprint density at radius 1 is 1.50 bits per heavy atom. The zero-order chi connectivity index (χ0) is 14.8. The van der Waals surface area contributed by atoms with Crippen molar-refractivity contribution in [2.45, 2.75) is 20.3 Å². The number of nitrogens with zero attached hydrogens (tertiary/aromatic N) is 1. The van der Waals surface area contributed by atoms with Crippen LogP contribution in [0.15, 0.2) is 18.2 Å². The van der Waals surface area contributed by atoms with Gasteiger partial charge in [-0.05, 0) is 30.0 Å². The summed E-state index contributed by atoms with van der Waals surface area (Å²) < 4.78 is 0.907. The van der Waals surface area contributed by atoms with Gasteiger partial charge in [-0.15, -0.1) is 0 Å². The zero-order valence-electron chi connectivity index (χ0n) is 11.6. The van der Waals surface area contributed by atoms with Gasteiger partial charge in [-0.2, -0.15) is 0 Å². The van der Waals surface area contributed by atoms with Crippen molar-refractivity contribution in [1.29, 1.82) is 0 Å². The number of aliphatic hydroxyl groups is 1. The maximum Gasteiger partial charge on any atom is 0.251 e. The van der Waals surface area contributed by atoms with Crippen molar-refractivity contribution in [1.82, 2.24) is 10.3 Å². The summed E-state index contributed by atoms with van der Waals surface area (Å²) in [5, 5.41) is 12.4. The van der Waals surface area contributed by atoms with Crippen LogP contribution in [0.3, 0.4) is 0 Å². The number of fused-ring (bicyclic) bond motifs is 1. The molecule has 1 heterocycles. The second-order valence-electron chi connectivity index (χ2n) is 5.56. The molecule has 0 aliphatic rings. The maximum absolute atomic E-state index is 12.1. The molecule has 0 fully saturated rings. The van der Waals surface area contributed by atoms with E-state index in [0.717, 1.165) is 10.2 Å². The Kier molecular flexibility index (Phi) is 4.25. The van der Waals surface area contributed by atoms with Gasteiger partial charge in [-0.3, -0.25) is 4.79 Å². The van der Waals surface area contributed by atoms with Crippen LogP contribution in [0.25, 0.3) is 10.2 Å². The smallest absolute Gasteiger partial charge is 0.251 e. The van der Waals surface area contributed by atoms with Crippen molar-refractivity contribution in [3.05, 3.63) is 23.8 Å². The molecule has 0 saturated heterocycles. The molecule has 0 aliphatic carbocycles. The lowest BCUT2D eigenvalue weighted by Crippen LogP contribution is -2.34. The van der Waals surface area contributed by atoms with Crippen molar-refractivity contribution in [3.63, 3.8) is 0 Å². The van der Waals surface area contributed by atoms with E-state index >= 15 is 0 Å². The molecule has 6 heteroatoms. The molecule has 5 nitrogen and oxygen atoms in total. The van der Waals surface area contributed by atoms with Gasteiger partial charge in [0.1, 0.15) is 0 Å². The predicted molar refractivity (Wildman–Crippen MR) is 81.8 cm³/mol. The highest BCUT2D eigenvalue weighted by Gasteiger charge is 2.18. The predicted octanol–water partition coefficient (Wildman–Crippen LogP) is 2.02. The lowest BCUT2D eigenvalue weighted by atomic mass is 9.89. The number of benzene rings is 1. The number of nitrogens with one attached hydrogen (secondary N) is 1. The van der Waals surface area contributed by atoms with Crippen molar-refractivity contribution in [3.8, 4) is 0 Å². The summed E-state index contributed by atoms with van der Waals surface area (Å²) in [7, 11) is 0. The van der Waals surface area contributed by atoms with Crippen LogP contribution < -0.4 is 11.1 Å². The Labute approximate surface area is 121 Å². The maximum atomic E-state index is 12.1. The Bertz CT molecular complexity index is 622. The Balaban J connectivity index is 2.07. The van der Waals surface area contributed by atoms with Crippen LogP contribution in [0, 0.1) is 5.41 Å². The molecule has 1 amide bonds. The second kappa shape index (κ2) is 5.76. The first-order chi connectivity index (χ1) is 9.41. The number of carbonyl (C=O) groups excluding carboxylic acids is 1. The summed E-state index contributed by atoms with van der Waals surface area (Å²) in [6.07, 6.45) is 0.650. The van der Waals surface area contributed by atoms with Gasteiger partial charge in [-0.1, -0.05) is 25.2 Å². The lowest BCUT2D eigenvalue weighted by Gasteiger charge is -2.23. The fraction of sp³-hybridized carbons (Fsp3) is 0.429. The largest absolute Gasteiger partial charge is 0.396 e. The van der Waals surface area contributed by atoms with Gasteiger partial charge in [0.25, 0.3) is 5.91 Å². The minimum Gasteiger partial charge on any atom is -0.396 e.